The molecule has 2 aliphatic rings. The molecule has 2 heterocycles. The Morgan fingerprint density at radius 1 is 1.06 bits per heavy atom. The van der Waals surface area contributed by atoms with E-state index in [4.69, 9.17) is 14.5 Å². The summed E-state index contributed by atoms with van der Waals surface area (Å²) in [5.74, 6) is 0. The molecule has 14 nitrogen and oxygen atoms in total. The second-order valence-electron chi connectivity index (χ2n) is 7.19. The van der Waals surface area contributed by atoms with Crippen molar-refractivity contribution in [1.29, 1.82) is 0 Å². The quantitative estimate of drug-likeness (QED) is 0.260. The molecule has 6 atom stereocenters. The van der Waals surface area contributed by atoms with Gasteiger partial charge in [-0.2, -0.15) is 8.62 Å². The van der Waals surface area contributed by atoms with E-state index in [0.29, 0.717) is 5.70 Å². The van der Waals surface area contributed by atoms with Crippen LogP contribution in [0.3, 0.4) is 0 Å². The molecule has 0 saturated carbocycles. The van der Waals surface area contributed by atoms with Crippen LogP contribution in [-0.4, -0.2) is 65.8 Å². The molecule has 1 fully saturated rings. The number of ether oxygens (including phenoxy) is 1. The van der Waals surface area contributed by atoms with Crippen LogP contribution in [-0.2, 0) is 31.6 Å². The number of aryl methyl sites for hydroxylation is 1. The maximum Gasteiger partial charge on any atom is 0.490 e. The summed E-state index contributed by atoms with van der Waals surface area (Å²) in [5, 5.41) is 20.7. The van der Waals surface area contributed by atoms with Gasteiger partial charge in [-0.1, -0.05) is 30.3 Å². The van der Waals surface area contributed by atoms with Gasteiger partial charge < -0.3 is 39.4 Å². The molecule has 33 heavy (non-hydrogen) atoms. The van der Waals surface area contributed by atoms with E-state index in [9.17, 15) is 33.7 Å². The minimum atomic E-state index is -5.68. The molecule has 0 bridgehead atoms. The highest BCUT2D eigenvalue weighted by Crippen LogP contribution is 2.66. The number of rotatable bonds is 8. The summed E-state index contributed by atoms with van der Waals surface area (Å²) in [4.78, 5) is 37.2. The Morgan fingerprint density at radius 3 is 2.36 bits per heavy atom. The Hall–Kier alpha value is -1.21. The molecule has 1 saturated heterocycles. The number of phosphoric acid groups is 3. The first-order valence-corrected chi connectivity index (χ1v) is 13.7. The molecule has 1 aromatic carbocycles. The maximum atomic E-state index is 11.9. The minimum Gasteiger partial charge on any atom is -0.387 e. The van der Waals surface area contributed by atoms with E-state index < -0.39 is 54.6 Å². The number of benzene rings is 1. The van der Waals surface area contributed by atoms with Crippen LogP contribution in [0.2, 0.25) is 0 Å². The van der Waals surface area contributed by atoms with E-state index >= 15 is 0 Å². The summed E-state index contributed by atoms with van der Waals surface area (Å²) in [6, 6.07) is 5.63. The van der Waals surface area contributed by atoms with Gasteiger partial charge >= 0.3 is 23.5 Å². The van der Waals surface area contributed by atoms with Crippen molar-refractivity contribution in [2.45, 2.75) is 31.5 Å². The van der Waals surface area contributed by atoms with Crippen molar-refractivity contribution in [2.24, 2.45) is 0 Å². The minimum absolute atomic E-state index is 0.456. The third-order valence-corrected chi connectivity index (χ3v) is 8.48. The lowest BCUT2D eigenvalue weighted by Gasteiger charge is -2.34. The molecule has 0 spiro atoms. The second kappa shape index (κ2) is 9.44. The van der Waals surface area contributed by atoms with Crippen molar-refractivity contribution in [3.05, 3.63) is 47.7 Å². The summed E-state index contributed by atoms with van der Waals surface area (Å²) in [6.07, 6.45) is -2.34. The van der Waals surface area contributed by atoms with Crippen LogP contribution in [0.4, 0.5) is 0 Å². The summed E-state index contributed by atoms with van der Waals surface area (Å²) in [6.45, 7) is 5.00. The lowest BCUT2D eigenvalue weighted by atomic mass is 9.98. The molecule has 0 aromatic heterocycles. The van der Waals surface area contributed by atoms with Crippen LogP contribution in [0.5, 0.6) is 0 Å². The first-order valence-electron chi connectivity index (χ1n) is 9.15. The highest BCUT2D eigenvalue weighted by molar-refractivity contribution is 7.66. The van der Waals surface area contributed by atoms with E-state index in [0.717, 1.165) is 16.7 Å². The Kier molecular flexibility index (Phi) is 7.55. The highest BCUT2D eigenvalue weighted by atomic mass is 31.3. The number of fused-ring (bicyclic) bond motifs is 1. The normalized spacial score (nSPS) is 28.9. The van der Waals surface area contributed by atoms with Gasteiger partial charge in [0.1, 0.15) is 18.3 Å². The summed E-state index contributed by atoms with van der Waals surface area (Å²) < 4.78 is 51.2. The van der Waals surface area contributed by atoms with Gasteiger partial charge in [0.25, 0.3) is 0 Å². The van der Waals surface area contributed by atoms with E-state index in [-0.39, 0.29) is 0 Å². The molecule has 1 aromatic rings. The van der Waals surface area contributed by atoms with Crippen molar-refractivity contribution in [3.63, 3.8) is 0 Å². The molecule has 0 aliphatic carbocycles. The fraction of sp³-hybridized carbons (Fsp3) is 0.375. The molecule has 184 valence electrons. The van der Waals surface area contributed by atoms with Crippen LogP contribution < -0.4 is 0 Å². The van der Waals surface area contributed by atoms with Gasteiger partial charge in [-0.15, -0.1) is 0 Å². The zero-order valence-corrected chi connectivity index (χ0v) is 19.6. The third kappa shape index (κ3) is 6.47. The predicted molar refractivity (Wildman–Crippen MR) is 112 cm³/mol. The average molecular weight is 529 g/mol. The molecule has 0 radical (unpaired) electrons. The second-order valence-corrected chi connectivity index (χ2v) is 11.6. The molecular weight excluding hydrogens is 507 g/mol. The van der Waals surface area contributed by atoms with Gasteiger partial charge in [0, 0.05) is 17.5 Å². The fourth-order valence-corrected chi connectivity index (χ4v) is 6.31. The number of aliphatic hydroxyl groups is 2. The Morgan fingerprint density at radius 2 is 1.73 bits per heavy atom. The van der Waals surface area contributed by atoms with Gasteiger partial charge in [0.2, 0.25) is 0 Å². The number of hydrogen-bond donors (Lipinski definition) is 6. The smallest absolute Gasteiger partial charge is 0.387 e. The molecule has 17 heteroatoms. The van der Waals surface area contributed by atoms with E-state index in [2.05, 4.69) is 19.7 Å². The largest absolute Gasteiger partial charge is 0.490 e. The lowest BCUT2D eigenvalue weighted by Crippen LogP contribution is -2.41. The third-order valence-electron chi connectivity index (χ3n) is 4.67. The van der Waals surface area contributed by atoms with Crippen molar-refractivity contribution < 1.29 is 61.4 Å². The highest BCUT2D eigenvalue weighted by Gasteiger charge is 2.48. The van der Waals surface area contributed by atoms with E-state index in [1.807, 2.05) is 25.1 Å². The zero-order valence-electron chi connectivity index (χ0n) is 16.9. The average Bonchev–Trinajstić information content (AvgIpc) is 2.92. The van der Waals surface area contributed by atoms with E-state index in [1.165, 1.54) is 4.90 Å². The lowest BCUT2D eigenvalue weighted by molar-refractivity contribution is -0.0606. The van der Waals surface area contributed by atoms with Gasteiger partial charge in [-0.25, -0.2) is 13.7 Å². The first kappa shape index (κ1) is 26.4. The molecule has 2 aliphatic heterocycles. The molecule has 3 unspecified atom stereocenters. The van der Waals surface area contributed by atoms with Crippen LogP contribution in [0.25, 0.3) is 11.8 Å². The van der Waals surface area contributed by atoms with Gasteiger partial charge in [0.05, 0.1) is 6.61 Å². The molecule has 6 N–H and O–H groups in total. The van der Waals surface area contributed by atoms with Gasteiger partial charge in [0.15, 0.2) is 6.23 Å². The van der Waals surface area contributed by atoms with E-state index in [1.54, 1.807) is 12.3 Å². The first-order chi connectivity index (χ1) is 15.1. The number of nitrogens with zero attached hydrogens (tertiary/aromatic N) is 1. The van der Waals surface area contributed by atoms with Crippen LogP contribution >= 0.6 is 23.5 Å². The van der Waals surface area contributed by atoms with Gasteiger partial charge in [-0.05, 0) is 18.6 Å². The SMILES string of the molecule is C=C1c2ccc(C)cc2C=CN1[C@@H]1O[C@H](COP(=O)(O)OP(=O)(O)OP(=O)(O)O)C(O)[C@@H]1O. The van der Waals surface area contributed by atoms with Crippen LogP contribution in [0.1, 0.15) is 16.7 Å². The Labute approximate surface area is 187 Å². The number of aliphatic hydroxyl groups excluding tert-OH is 2. The van der Waals surface area contributed by atoms with Crippen molar-refractivity contribution in [3.8, 4) is 0 Å². The Balaban J connectivity index is 1.66. The molecule has 0 amide bonds. The monoisotopic (exact) mass is 529 g/mol. The maximum absolute atomic E-state index is 11.9. The summed E-state index contributed by atoms with van der Waals surface area (Å²) in [7, 11) is -16.6. The predicted octanol–water partition coefficient (Wildman–Crippen LogP) is 1.04. The summed E-state index contributed by atoms with van der Waals surface area (Å²) in [5.41, 5.74) is 3.12. The Bertz CT molecular complexity index is 1100. The number of phosphoric ester groups is 1. The van der Waals surface area contributed by atoms with Gasteiger partial charge in [-0.3, -0.25) is 4.52 Å². The van der Waals surface area contributed by atoms with Crippen molar-refractivity contribution >= 4 is 35.2 Å². The summed E-state index contributed by atoms with van der Waals surface area (Å²) >= 11 is 0. The van der Waals surface area contributed by atoms with Crippen LogP contribution in [0.15, 0.2) is 31.0 Å². The standard InChI is InChI=1S/C16H22NO13P3/c1-9-3-4-12-10(2)17(6-5-11(12)7-9)16-15(19)14(18)13(28-16)8-27-32(23,24)30-33(25,26)29-31(20,21)22/h3-7,13-16,18-19H,2,8H2,1H3,(H,23,24)(H,25,26)(H2,20,21,22)/t13-,14?,15+,16-/m1/s1. The van der Waals surface area contributed by atoms with Crippen molar-refractivity contribution in [1.82, 2.24) is 4.90 Å². The van der Waals surface area contributed by atoms with Crippen molar-refractivity contribution in [2.75, 3.05) is 6.61 Å². The van der Waals surface area contributed by atoms with Crippen LogP contribution in [0, 0.1) is 6.92 Å². The topological polar surface area (TPSA) is 213 Å². The molecular formula is C16H22NO13P3. The fourth-order valence-electron chi connectivity index (χ4n) is 3.28. The zero-order chi connectivity index (χ0) is 24.8. The molecule has 3 rings (SSSR count). The number of hydrogen-bond acceptors (Lipinski definition) is 10.